The Labute approximate surface area is 147 Å². The van der Waals surface area contributed by atoms with E-state index in [2.05, 4.69) is 5.32 Å². The Kier molecular flexibility index (Phi) is 9.80. The van der Waals surface area contributed by atoms with E-state index < -0.39 is 49.5 Å². The monoisotopic (exact) mass is 365 g/mol. The molecule has 1 rings (SSSR count). The standard InChI is InChI=1S/C16H31NO8/c1-3-4-5-6-11(20)10(17-9(2)19)8-24-16-15(23)14(22)13(21)12(7-18)25-16/h10-16,18,20-23H,3-8H2,1-2H3,(H,17,19). The molecular formula is C16H31NO8. The fraction of sp³-hybridized carbons (Fsp3) is 0.938. The number of unbranched alkanes of at least 4 members (excludes halogenated alkanes) is 2. The number of carbonyl (C=O) groups excluding carboxylic acids is 1. The highest BCUT2D eigenvalue weighted by atomic mass is 16.7. The third-order valence-corrected chi connectivity index (χ3v) is 4.25. The summed E-state index contributed by atoms with van der Waals surface area (Å²) in [6, 6.07) is -0.707. The van der Waals surface area contributed by atoms with E-state index in [9.17, 15) is 25.2 Å². The van der Waals surface area contributed by atoms with Crippen molar-refractivity contribution in [2.75, 3.05) is 13.2 Å². The van der Waals surface area contributed by atoms with Gasteiger partial charge < -0.3 is 40.3 Å². The highest BCUT2D eigenvalue weighted by molar-refractivity contribution is 5.73. The number of nitrogens with one attached hydrogen (secondary N) is 1. The molecule has 7 unspecified atom stereocenters. The summed E-state index contributed by atoms with van der Waals surface area (Å²) in [5, 5.41) is 51.4. The minimum absolute atomic E-state index is 0.157. The molecule has 0 bridgehead atoms. The molecule has 0 aromatic rings. The van der Waals surface area contributed by atoms with Crippen LogP contribution in [0.5, 0.6) is 0 Å². The van der Waals surface area contributed by atoms with Crippen LogP contribution < -0.4 is 5.32 Å². The Hall–Kier alpha value is -0.810. The molecular weight excluding hydrogens is 334 g/mol. The van der Waals surface area contributed by atoms with Crippen LogP contribution in [-0.2, 0) is 14.3 Å². The minimum atomic E-state index is -1.54. The molecule has 1 aliphatic heterocycles. The van der Waals surface area contributed by atoms with Crippen LogP contribution >= 0.6 is 0 Å². The number of aliphatic hydroxyl groups is 5. The third-order valence-electron chi connectivity index (χ3n) is 4.25. The van der Waals surface area contributed by atoms with Gasteiger partial charge in [0.15, 0.2) is 6.29 Å². The van der Waals surface area contributed by atoms with Crippen LogP contribution in [0.1, 0.15) is 39.5 Å². The zero-order chi connectivity index (χ0) is 19.0. The quantitative estimate of drug-likeness (QED) is 0.250. The van der Waals surface area contributed by atoms with Crippen molar-refractivity contribution in [3.05, 3.63) is 0 Å². The second-order valence-corrected chi connectivity index (χ2v) is 6.40. The summed E-state index contributed by atoms with van der Waals surface area (Å²) < 4.78 is 10.6. The number of hydrogen-bond acceptors (Lipinski definition) is 8. The predicted molar refractivity (Wildman–Crippen MR) is 87.5 cm³/mol. The van der Waals surface area contributed by atoms with Gasteiger partial charge in [-0.2, -0.15) is 0 Å². The van der Waals surface area contributed by atoms with Gasteiger partial charge in [-0.1, -0.05) is 26.2 Å². The van der Waals surface area contributed by atoms with E-state index in [0.717, 1.165) is 19.3 Å². The van der Waals surface area contributed by atoms with Crippen molar-refractivity contribution in [1.29, 1.82) is 0 Å². The molecule has 1 amide bonds. The van der Waals surface area contributed by atoms with Gasteiger partial charge in [-0.25, -0.2) is 0 Å². The molecule has 6 N–H and O–H groups in total. The zero-order valence-corrected chi connectivity index (χ0v) is 14.7. The largest absolute Gasteiger partial charge is 0.394 e. The summed E-state index contributed by atoms with van der Waals surface area (Å²) in [6.45, 7) is 2.65. The van der Waals surface area contributed by atoms with Gasteiger partial charge in [0.05, 0.1) is 25.4 Å². The predicted octanol–water partition coefficient (Wildman–Crippen LogP) is -1.75. The Balaban J connectivity index is 2.63. The Morgan fingerprint density at radius 2 is 1.88 bits per heavy atom. The van der Waals surface area contributed by atoms with Crippen molar-refractivity contribution in [1.82, 2.24) is 5.32 Å². The first-order valence-corrected chi connectivity index (χ1v) is 8.69. The van der Waals surface area contributed by atoms with E-state index >= 15 is 0 Å². The summed E-state index contributed by atoms with van der Waals surface area (Å²) in [6.07, 6.45) is -4.49. The summed E-state index contributed by atoms with van der Waals surface area (Å²) in [5.41, 5.74) is 0. The van der Waals surface area contributed by atoms with Gasteiger partial charge in [-0.3, -0.25) is 4.79 Å². The fourth-order valence-electron chi connectivity index (χ4n) is 2.72. The third kappa shape index (κ3) is 6.78. The van der Waals surface area contributed by atoms with E-state index in [1.54, 1.807) is 0 Å². The summed E-state index contributed by atoms with van der Waals surface area (Å²) in [5.74, 6) is -0.336. The Morgan fingerprint density at radius 1 is 1.20 bits per heavy atom. The van der Waals surface area contributed by atoms with Crippen molar-refractivity contribution in [3.8, 4) is 0 Å². The maximum atomic E-state index is 11.3. The molecule has 7 atom stereocenters. The van der Waals surface area contributed by atoms with Gasteiger partial charge in [0, 0.05) is 6.92 Å². The van der Waals surface area contributed by atoms with Crippen LogP contribution in [0.2, 0.25) is 0 Å². The van der Waals surface area contributed by atoms with Gasteiger partial charge in [-0.15, -0.1) is 0 Å². The van der Waals surface area contributed by atoms with Crippen LogP contribution in [0.4, 0.5) is 0 Å². The zero-order valence-electron chi connectivity index (χ0n) is 14.7. The number of rotatable bonds is 10. The number of ether oxygens (including phenoxy) is 2. The first kappa shape index (κ1) is 22.2. The lowest BCUT2D eigenvalue weighted by atomic mass is 9.99. The molecule has 148 valence electrons. The van der Waals surface area contributed by atoms with Gasteiger partial charge >= 0.3 is 0 Å². The lowest BCUT2D eigenvalue weighted by Gasteiger charge is -2.40. The SMILES string of the molecule is CCCCCC(O)C(COC1OC(CO)C(O)C(O)C1O)NC(C)=O. The number of amides is 1. The molecule has 9 heteroatoms. The normalized spacial score (nSPS) is 32.2. The van der Waals surface area contributed by atoms with Crippen LogP contribution in [0.25, 0.3) is 0 Å². The summed E-state index contributed by atoms with van der Waals surface area (Å²) in [7, 11) is 0. The van der Waals surface area contributed by atoms with Crippen molar-refractivity contribution < 1.29 is 39.8 Å². The molecule has 1 fully saturated rings. The first-order chi connectivity index (χ1) is 11.8. The molecule has 1 heterocycles. The second-order valence-electron chi connectivity index (χ2n) is 6.40. The van der Waals surface area contributed by atoms with E-state index in [-0.39, 0.29) is 12.5 Å². The molecule has 1 aliphatic rings. The second kappa shape index (κ2) is 11.0. The lowest BCUT2D eigenvalue weighted by molar-refractivity contribution is -0.302. The van der Waals surface area contributed by atoms with E-state index in [1.165, 1.54) is 6.92 Å². The highest BCUT2D eigenvalue weighted by Gasteiger charge is 2.44. The number of aliphatic hydroxyl groups excluding tert-OH is 5. The van der Waals surface area contributed by atoms with Gasteiger partial charge in [0.1, 0.15) is 24.4 Å². The molecule has 0 spiro atoms. The van der Waals surface area contributed by atoms with Crippen LogP contribution in [-0.4, -0.2) is 87.5 Å². The van der Waals surface area contributed by atoms with Crippen LogP contribution in [0, 0.1) is 0 Å². The van der Waals surface area contributed by atoms with Crippen molar-refractivity contribution >= 4 is 5.91 Å². The average Bonchev–Trinajstić information content (AvgIpc) is 2.57. The van der Waals surface area contributed by atoms with Crippen molar-refractivity contribution in [2.45, 2.75) is 82.4 Å². The van der Waals surface area contributed by atoms with Crippen molar-refractivity contribution in [2.24, 2.45) is 0 Å². The summed E-state index contributed by atoms with van der Waals surface area (Å²) in [4.78, 5) is 11.3. The lowest BCUT2D eigenvalue weighted by Crippen LogP contribution is -2.60. The number of hydrogen-bond donors (Lipinski definition) is 6. The van der Waals surface area contributed by atoms with Crippen molar-refractivity contribution in [3.63, 3.8) is 0 Å². The van der Waals surface area contributed by atoms with E-state index in [0.29, 0.717) is 6.42 Å². The van der Waals surface area contributed by atoms with Gasteiger partial charge in [0.2, 0.25) is 5.91 Å². The Bertz CT molecular complexity index is 394. The molecule has 0 saturated carbocycles. The maximum absolute atomic E-state index is 11.3. The molecule has 0 aromatic heterocycles. The molecule has 0 aromatic carbocycles. The molecule has 0 aliphatic carbocycles. The average molecular weight is 365 g/mol. The first-order valence-electron chi connectivity index (χ1n) is 8.69. The fourth-order valence-corrected chi connectivity index (χ4v) is 2.72. The number of carbonyl (C=O) groups is 1. The van der Waals surface area contributed by atoms with Gasteiger partial charge in [-0.05, 0) is 6.42 Å². The molecule has 1 saturated heterocycles. The smallest absolute Gasteiger partial charge is 0.217 e. The van der Waals surface area contributed by atoms with Gasteiger partial charge in [0.25, 0.3) is 0 Å². The topological polar surface area (TPSA) is 149 Å². The van der Waals surface area contributed by atoms with Crippen LogP contribution in [0.15, 0.2) is 0 Å². The summed E-state index contributed by atoms with van der Waals surface area (Å²) >= 11 is 0. The van der Waals surface area contributed by atoms with E-state index in [1.807, 2.05) is 6.92 Å². The molecule has 9 nitrogen and oxygen atoms in total. The highest BCUT2D eigenvalue weighted by Crippen LogP contribution is 2.22. The maximum Gasteiger partial charge on any atom is 0.217 e. The molecule has 25 heavy (non-hydrogen) atoms. The minimum Gasteiger partial charge on any atom is -0.394 e. The molecule has 0 radical (unpaired) electrons. The van der Waals surface area contributed by atoms with Crippen LogP contribution in [0.3, 0.4) is 0 Å². The Morgan fingerprint density at radius 3 is 2.44 bits per heavy atom. The van der Waals surface area contributed by atoms with E-state index in [4.69, 9.17) is 14.6 Å².